The van der Waals surface area contributed by atoms with Gasteiger partial charge in [0, 0.05) is 6.07 Å². The number of methoxy groups -OCH3 is 2. The van der Waals surface area contributed by atoms with Gasteiger partial charge in [0.15, 0.2) is 4.80 Å². The Hall–Kier alpha value is -3.04. The van der Waals surface area contributed by atoms with E-state index in [0.29, 0.717) is 28.4 Å². The zero-order valence-electron chi connectivity index (χ0n) is 16.9. The summed E-state index contributed by atoms with van der Waals surface area (Å²) in [5.41, 5.74) is 2.64. The molecule has 0 spiro atoms. The molecule has 0 aliphatic carbocycles. The van der Waals surface area contributed by atoms with E-state index >= 15 is 0 Å². The van der Waals surface area contributed by atoms with E-state index in [1.54, 1.807) is 25.3 Å². The topological polar surface area (TPSA) is 52.8 Å². The smallest absolute Gasteiger partial charge is 0.283 e. The van der Waals surface area contributed by atoms with E-state index in [1.807, 2.05) is 4.57 Å². The molecule has 0 saturated heterocycles. The van der Waals surface area contributed by atoms with Gasteiger partial charge in [-0.2, -0.15) is 4.99 Å². The highest BCUT2D eigenvalue weighted by atomic mass is 32.1. The van der Waals surface area contributed by atoms with Gasteiger partial charge in [-0.25, -0.2) is 0 Å². The molecule has 5 nitrogen and oxygen atoms in total. The van der Waals surface area contributed by atoms with Gasteiger partial charge < -0.3 is 14.0 Å². The van der Waals surface area contributed by atoms with E-state index in [4.69, 9.17) is 15.9 Å². The molecule has 0 atom stereocenters. The molecule has 29 heavy (non-hydrogen) atoms. The molecule has 0 aliphatic heterocycles. The number of carbonyl (C=O) groups is 1. The van der Waals surface area contributed by atoms with Crippen molar-refractivity contribution in [1.82, 2.24) is 4.57 Å². The van der Waals surface area contributed by atoms with Crippen molar-refractivity contribution in [2.75, 3.05) is 14.2 Å². The second-order valence-corrected chi connectivity index (χ2v) is 7.57. The highest BCUT2D eigenvalue weighted by molar-refractivity contribution is 7.16. The van der Waals surface area contributed by atoms with Crippen LogP contribution in [0.5, 0.6) is 11.5 Å². The highest BCUT2D eigenvalue weighted by Crippen LogP contribution is 2.25. The van der Waals surface area contributed by atoms with Gasteiger partial charge in [-0.3, -0.25) is 4.79 Å². The number of amides is 1. The van der Waals surface area contributed by atoms with Crippen LogP contribution in [0.3, 0.4) is 0 Å². The summed E-state index contributed by atoms with van der Waals surface area (Å²) in [5, 5.41) is 0. The standard InChI is InChI=1S/C23H24N2O3S/c1-5-7-8-16-9-12-19-21(14-16)29-23(25(19)13-6-2)24-22(26)18-11-10-17(27-3)15-20(18)28-4/h2,9-12,14-15H,5,7-8,13H2,1,3-4H3. The van der Waals surface area contributed by atoms with Gasteiger partial charge in [-0.15, -0.1) is 6.42 Å². The largest absolute Gasteiger partial charge is 0.497 e. The van der Waals surface area contributed by atoms with E-state index in [-0.39, 0.29) is 5.91 Å². The van der Waals surface area contributed by atoms with Gasteiger partial charge in [0.2, 0.25) is 0 Å². The zero-order chi connectivity index (χ0) is 20.8. The first-order valence-electron chi connectivity index (χ1n) is 9.48. The molecule has 0 bridgehead atoms. The average molecular weight is 409 g/mol. The SMILES string of the molecule is C#CCn1c(=NC(=O)c2ccc(OC)cc2OC)sc2cc(CCCC)ccc21. The van der Waals surface area contributed by atoms with Crippen LogP contribution in [0.4, 0.5) is 0 Å². The molecule has 1 aromatic heterocycles. The first kappa shape index (κ1) is 20.7. The maximum Gasteiger partial charge on any atom is 0.283 e. The molecule has 1 amide bonds. The maximum absolute atomic E-state index is 12.9. The molecule has 0 unspecified atom stereocenters. The van der Waals surface area contributed by atoms with Crippen molar-refractivity contribution in [3.05, 3.63) is 52.3 Å². The summed E-state index contributed by atoms with van der Waals surface area (Å²) >= 11 is 1.47. The fourth-order valence-electron chi connectivity index (χ4n) is 3.11. The van der Waals surface area contributed by atoms with Crippen LogP contribution in [0.2, 0.25) is 0 Å². The molecule has 3 aromatic rings. The number of thiazole rings is 1. The van der Waals surface area contributed by atoms with Crippen LogP contribution in [0.15, 0.2) is 41.4 Å². The van der Waals surface area contributed by atoms with E-state index in [1.165, 1.54) is 24.0 Å². The van der Waals surface area contributed by atoms with Crippen molar-refractivity contribution in [3.8, 4) is 23.8 Å². The quantitative estimate of drug-likeness (QED) is 0.543. The Bertz CT molecular complexity index is 1140. The molecule has 0 fully saturated rings. The lowest BCUT2D eigenvalue weighted by molar-refractivity contribution is 0.0995. The van der Waals surface area contributed by atoms with Crippen molar-refractivity contribution >= 4 is 27.5 Å². The van der Waals surface area contributed by atoms with Crippen LogP contribution in [-0.2, 0) is 13.0 Å². The Balaban J connectivity index is 2.07. The Labute approximate surface area is 174 Å². The predicted molar refractivity (Wildman–Crippen MR) is 117 cm³/mol. The van der Waals surface area contributed by atoms with Crippen LogP contribution < -0.4 is 14.3 Å². The number of ether oxygens (including phenoxy) is 2. The van der Waals surface area contributed by atoms with E-state index in [2.05, 4.69) is 36.0 Å². The van der Waals surface area contributed by atoms with Crippen molar-refractivity contribution in [1.29, 1.82) is 0 Å². The fraction of sp³-hybridized carbons (Fsp3) is 0.304. The second kappa shape index (κ2) is 9.44. The number of hydrogen-bond donors (Lipinski definition) is 0. The summed E-state index contributed by atoms with van der Waals surface area (Å²) in [4.78, 5) is 17.8. The Morgan fingerprint density at radius 1 is 1.21 bits per heavy atom. The minimum atomic E-state index is -0.381. The van der Waals surface area contributed by atoms with Crippen LogP contribution in [-0.4, -0.2) is 24.7 Å². The minimum absolute atomic E-state index is 0.347. The van der Waals surface area contributed by atoms with Gasteiger partial charge in [0.1, 0.15) is 11.5 Å². The number of unbranched alkanes of at least 4 members (excludes halogenated alkanes) is 1. The summed E-state index contributed by atoms with van der Waals surface area (Å²) < 4.78 is 13.5. The van der Waals surface area contributed by atoms with Crippen LogP contribution in [0.25, 0.3) is 10.2 Å². The number of carbonyl (C=O) groups excluding carboxylic acids is 1. The molecule has 0 aliphatic rings. The van der Waals surface area contributed by atoms with Crippen molar-refractivity contribution < 1.29 is 14.3 Å². The molecular weight excluding hydrogens is 384 g/mol. The first-order chi connectivity index (χ1) is 14.1. The van der Waals surface area contributed by atoms with Crippen LogP contribution in [0, 0.1) is 12.3 Å². The van der Waals surface area contributed by atoms with E-state index < -0.39 is 0 Å². The molecule has 150 valence electrons. The maximum atomic E-state index is 12.9. The lowest BCUT2D eigenvalue weighted by atomic mass is 10.1. The van der Waals surface area contributed by atoms with Crippen molar-refractivity contribution in [2.45, 2.75) is 32.7 Å². The Morgan fingerprint density at radius 3 is 2.72 bits per heavy atom. The zero-order valence-corrected chi connectivity index (χ0v) is 17.7. The number of benzene rings is 2. The number of fused-ring (bicyclic) bond motifs is 1. The van der Waals surface area contributed by atoms with Crippen molar-refractivity contribution in [3.63, 3.8) is 0 Å². The second-order valence-electron chi connectivity index (χ2n) is 6.56. The van der Waals surface area contributed by atoms with Crippen LogP contribution >= 0.6 is 11.3 Å². The number of aromatic nitrogens is 1. The van der Waals surface area contributed by atoms with E-state index in [9.17, 15) is 4.79 Å². The number of aryl methyl sites for hydroxylation is 1. The number of nitrogens with zero attached hydrogens (tertiary/aromatic N) is 2. The third-order valence-corrected chi connectivity index (χ3v) is 5.69. The minimum Gasteiger partial charge on any atom is -0.497 e. The fourth-order valence-corrected chi connectivity index (χ4v) is 4.20. The summed E-state index contributed by atoms with van der Waals surface area (Å²) in [7, 11) is 3.08. The summed E-state index contributed by atoms with van der Waals surface area (Å²) in [6.45, 7) is 2.53. The molecule has 2 aromatic carbocycles. The Kier molecular flexibility index (Phi) is 6.73. The Morgan fingerprint density at radius 2 is 2.03 bits per heavy atom. The monoisotopic (exact) mass is 408 g/mol. The summed E-state index contributed by atoms with van der Waals surface area (Å²) in [6, 6.07) is 11.4. The number of hydrogen-bond acceptors (Lipinski definition) is 4. The van der Waals surface area contributed by atoms with Gasteiger partial charge in [-0.05, 0) is 42.7 Å². The highest BCUT2D eigenvalue weighted by Gasteiger charge is 2.14. The molecule has 6 heteroatoms. The summed E-state index contributed by atoms with van der Waals surface area (Å²) in [5.74, 6) is 3.31. The first-order valence-corrected chi connectivity index (χ1v) is 10.3. The number of rotatable bonds is 7. The third kappa shape index (κ3) is 4.52. The average Bonchev–Trinajstić information content (AvgIpc) is 3.08. The van der Waals surface area contributed by atoms with Crippen molar-refractivity contribution in [2.24, 2.45) is 4.99 Å². The van der Waals surface area contributed by atoms with Gasteiger partial charge in [0.25, 0.3) is 5.91 Å². The molecule has 1 heterocycles. The molecule has 3 rings (SSSR count). The molecule has 0 saturated carbocycles. The normalized spacial score (nSPS) is 11.4. The molecule has 0 N–H and O–H groups in total. The van der Waals surface area contributed by atoms with Crippen LogP contribution in [0.1, 0.15) is 35.7 Å². The lowest BCUT2D eigenvalue weighted by Gasteiger charge is -2.07. The van der Waals surface area contributed by atoms with Gasteiger partial charge in [-0.1, -0.05) is 36.7 Å². The summed E-state index contributed by atoms with van der Waals surface area (Å²) in [6.07, 6.45) is 8.90. The lowest BCUT2D eigenvalue weighted by Crippen LogP contribution is -2.16. The third-order valence-electron chi connectivity index (χ3n) is 4.65. The van der Waals surface area contributed by atoms with Gasteiger partial charge >= 0.3 is 0 Å². The van der Waals surface area contributed by atoms with E-state index in [0.717, 1.165) is 29.5 Å². The molecule has 0 radical (unpaired) electrons. The predicted octanol–water partition coefficient (Wildman–Crippen LogP) is 4.44. The molecular formula is C23H24N2O3S. The number of terminal acetylenes is 1. The van der Waals surface area contributed by atoms with Gasteiger partial charge in [0.05, 0.1) is 36.5 Å².